The van der Waals surface area contributed by atoms with E-state index in [1.807, 2.05) is 11.4 Å². The molecule has 142 valence electrons. The van der Waals surface area contributed by atoms with Gasteiger partial charge in [-0.15, -0.1) is 11.3 Å². The summed E-state index contributed by atoms with van der Waals surface area (Å²) in [4.78, 5) is 19.3. The third-order valence-electron chi connectivity index (χ3n) is 5.87. The van der Waals surface area contributed by atoms with Gasteiger partial charge in [-0.1, -0.05) is 6.07 Å². The monoisotopic (exact) mass is 383 g/mol. The van der Waals surface area contributed by atoms with Crippen LogP contribution >= 0.6 is 11.3 Å². The van der Waals surface area contributed by atoms with Crippen molar-refractivity contribution in [2.45, 2.75) is 37.8 Å². The Morgan fingerprint density at radius 3 is 2.96 bits per heavy atom. The number of aromatic nitrogens is 1. The van der Waals surface area contributed by atoms with Gasteiger partial charge in [0.25, 0.3) is 5.91 Å². The molecule has 3 atom stereocenters. The Kier molecular flexibility index (Phi) is 4.97. The quantitative estimate of drug-likeness (QED) is 0.559. The Labute approximate surface area is 163 Å². The van der Waals surface area contributed by atoms with Crippen LogP contribution in [0.4, 0.5) is 5.69 Å². The van der Waals surface area contributed by atoms with E-state index in [-0.39, 0.29) is 17.7 Å². The van der Waals surface area contributed by atoms with Crippen LogP contribution in [0.25, 0.3) is 10.6 Å². The molecule has 4 N–H and O–H groups in total. The summed E-state index contributed by atoms with van der Waals surface area (Å²) in [6.07, 6.45) is 6.20. The van der Waals surface area contributed by atoms with Crippen LogP contribution in [0.2, 0.25) is 0 Å². The second kappa shape index (κ2) is 7.40. The highest BCUT2D eigenvalue weighted by Crippen LogP contribution is 2.36. The molecule has 1 saturated carbocycles. The second-order valence-electron chi connectivity index (χ2n) is 7.61. The number of fused-ring (bicyclic) bond motifs is 1. The molecular weight excluding hydrogens is 358 g/mol. The Morgan fingerprint density at radius 1 is 1.41 bits per heavy atom. The molecule has 1 amide bonds. The van der Waals surface area contributed by atoms with Crippen LogP contribution in [-0.2, 0) is 4.79 Å². The lowest BCUT2D eigenvalue weighted by atomic mass is 9.92. The lowest BCUT2D eigenvalue weighted by Crippen LogP contribution is -2.41. The zero-order valence-corrected chi connectivity index (χ0v) is 16.3. The maximum absolute atomic E-state index is 12.6. The molecule has 6 nitrogen and oxygen atoms in total. The number of nitrogen functional groups attached to an aromatic ring is 1. The molecule has 3 unspecified atom stereocenters. The molecule has 1 saturated heterocycles. The van der Waals surface area contributed by atoms with Crippen molar-refractivity contribution in [1.82, 2.24) is 15.2 Å². The Morgan fingerprint density at radius 2 is 2.26 bits per heavy atom. The number of hydrogen-bond acceptors (Lipinski definition) is 6. The highest BCUT2D eigenvalue weighted by molar-refractivity contribution is 7.13. The fourth-order valence-corrected chi connectivity index (χ4v) is 5.14. The van der Waals surface area contributed by atoms with Crippen molar-refractivity contribution >= 4 is 28.6 Å². The first kappa shape index (κ1) is 18.1. The molecule has 2 fully saturated rings. The number of amides is 1. The molecule has 7 heteroatoms. The lowest BCUT2D eigenvalue weighted by molar-refractivity contribution is -0.115. The lowest BCUT2D eigenvalue weighted by Gasteiger charge is -2.34. The summed E-state index contributed by atoms with van der Waals surface area (Å²) < 4.78 is 0. The first-order chi connectivity index (χ1) is 13.0. The molecule has 1 aromatic heterocycles. The zero-order chi connectivity index (χ0) is 19.0. The number of likely N-dealkylation sites (tertiary alicyclic amines) is 1. The topological polar surface area (TPSA) is 95.1 Å². The average Bonchev–Trinajstić information content (AvgIpc) is 3.31. The van der Waals surface area contributed by atoms with E-state index in [4.69, 9.17) is 11.1 Å². The summed E-state index contributed by atoms with van der Waals surface area (Å²) >= 11 is 1.53. The predicted molar refractivity (Wildman–Crippen MR) is 109 cm³/mol. The molecule has 2 aromatic rings. The van der Waals surface area contributed by atoms with Crippen molar-refractivity contribution in [3.05, 3.63) is 35.3 Å². The van der Waals surface area contributed by atoms with Gasteiger partial charge < -0.3 is 16.0 Å². The van der Waals surface area contributed by atoms with Gasteiger partial charge in [0.15, 0.2) is 0 Å². The summed E-state index contributed by atoms with van der Waals surface area (Å²) in [6.45, 7) is 1.14. The number of nitrogens with two attached hydrogens (primary N) is 1. The Hall–Kier alpha value is -2.25. The average molecular weight is 384 g/mol. The predicted octanol–water partition coefficient (Wildman–Crippen LogP) is 2.75. The van der Waals surface area contributed by atoms with E-state index >= 15 is 0 Å². The number of anilines is 1. The summed E-state index contributed by atoms with van der Waals surface area (Å²) in [7, 11) is 2.17. The fraction of sp³-hybridized carbons (Fsp3) is 0.450. The van der Waals surface area contributed by atoms with Crippen LogP contribution < -0.4 is 11.1 Å². The van der Waals surface area contributed by atoms with Gasteiger partial charge >= 0.3 is 0 Å². The summed E-state index contributed by atoms with van der Waals surface area (Å²) in [6, 6.07) is 6.10. The highest BCUT2D eigenvalue weighted by Gasteiger charge is 2.39. The molecule has 0 radical (unpaired) electrons. The SMILES string of the molecule is CN1CCCC2CC(NC(=O)C(=N)c3ccc(-c4nccs4)cc3N)CC21. The van der Waals surface area contributed by atoms with E-state index in [9.17, 15) is 4.79 Å². The Bertz CT molecular complexity index is 850. The molecule has 1 aromatic carbocycles. The molecule has 1 aliphatic heterocycles. The van der Waals surface area contributed by atoms with Crippen LogP contribution in [0.3, 0.4) is 0 Å². The first-order valence-corrected chi connectivity index (χ1v) is 10.3. The third-order valence-corrected chi connectivity index (χ3v) is 6.69. The number of nitrogens with one attached hydrogen (secondary N) is 2. The van der Waals surface area contributed by atoms with E-state index in [0.29, 0.717) is 23.2 Å². The van der Waals surface area contributed by atoms with Crippen molar-refractivity contribution < 1.29 is 4.79 Å². The normalized spacial score (nSPS) is 25.1. The summed E-state index contributed by atoms with van der Waals surface area (Å²) in [5.41, 5.74) is 7.88. The highest BCUT2D eigenvalue weighted by atomic mass is 32.1. The molecule has 0 spiro atoms. The van der Waals surface area contributed by atoms with Gasteiger partial charge in [0.2, 0.25) is 0 Å². The van der Waals surface area contributed by atoms with Crippen LogP contribution in [0.1, 0.15) is 31.2 Å². The molecule has 0 bridgehead atoms. The summed E-state index contributed by atoms with van der Waals surface area (Å²) in [5.74, 6) is 0.320. The van der Waals surface area contributed by atoms with Crippen LogP contribution in [0, 0.1) is 11.3 Å². The molecule has 2 heterocycles. The maximum atomic E-state index is 12.6. The van der Waals surface area contributed by atoms with Crippen molar-refractivity contribution in [3.63, 3.8) is 0 Å². The zero-order valence-electron chi connectivity index (χ0n) is 15.4. The first-order valence-electron chi connectivity index (χ1n) is 9.42. The minimum absolute atomic E-state index is 0.0681. The number of rotatable bonds is 4. The van der Waals surface area contributed by atoms with Gasteiger partial charge in [-0.05, 0) is 57.3 Å². The number of thiazole rings is 1. The third kappa shape index (κ3) is 3.61. The minimum Gasteiger partial charge on any atom is -0.398 e. The standard InChI is InChI=1S/C20H25N5OS/c1-25-7-2-3-12-9-14(11-17(12)25)24-19(26)18(22)15-5-4-13(10-16(15)21)20-23-6-8-27-20/h4-6,8,10,12,14,17,22H,2-3,7,9,11,21H2,1H3,(H,24,26). The van der Waals surface area contributed by atoms with Gasteiger partial charge in [-0.25, -0.2) is 4.98 Å². The summed E-state index contributed by atoms with van der Waals surface area (Å²) in [5, 5.41) is 14.2. The number of hydrogen-bond donors (Lipinski definition) is 3. The van der Waals surface area contributed by atoms with Gasteiger partial charge in [0, 0.05) is 40.5 Å². The molecule has 1 aliphatic carbocycles. The van der Waals surface area contributed by atoms with E-state index in [0.717, 1.165) is 30.0 Å². The van der Waals surface area contributed by atoms with Crippen LogP contribution in [-0.4, -0.2) is 47.2 Å². The molecule has 2 aliphatic rings. The Balaban J connectivity index is 1.43. The van der Waals surface area contributed by atoms with E-state index in [1.165, 1.54) is 24.2 Å². The molecule has 27 heavy (non-hydrogen) atoms. The van der Waals surface area contributed by atoms with Crippen molar-refractivity contribution in [1.29, 1.82) is 5.41 Å². The number of carbonyl (C=O) groups excluding carboxylic acids is 1. The molecular formula is C20H25N5OS. The number of nitrogens with zero attached hydrogens (tertiary/aromatic N) is 2. The van der Waals surface area contributed by atoms with Gasteiger partial charge in [0.05, 0.1) is 0 Å². The van der Waals surface area contributed by atoms with Crippen LogP contribution in [0.5, 0.6) is 0 Å². The number of benzene rings is 1. The van der Waals surface area contributed by atoms with Crippen molar-refractivity contribution in [2.24, 2.45) is 5.92 Å². The number of piperidine rings is 1. The minimum atomic E-state index is -0.338. The van der Waals surface area contributed by atoms with E-state index < -0.39 is 0 Å². The van der Waals surface area contributed by atoms with Crippen molar-refractivity contribution in [2.75, 3.05) is 19.3 Å². The van der Waals surface area contributed by atoms with E-state index in [1.54, 1.807) is 18.3 Å². The smallest absolute Gasteiger partial charge is 0.270 e. The van der Waals surface area contributed by atoms with Gasteiger partial charge in [-0.2, -0.15) is 0 Å². The maximum Gasteiger partial charge on any atom is 0.270 e. The number of carbonyl (C=O) groups is 1. The second-order valence-corrected chi connectivity index (χ2v) is 8.50. The van der Waals surface area contributed by atoms with E-state index in [2.05, 4.69) is 22.2 Å². The molecule has 4 rings (SSSR count). The fourth-order valence-electron chi connectivity index (χ4n) is 4.51. The van der Waals surface area contributed by atoms with Crippen LogP contribution in [0.15, 0.2) is 29.8 Å². The van der Waals surface area contributed by atoms with Gasteiger partial charge in [-0.3, -0.25) is 10.2 Å². The van der Waals surface area contributed by atoms with Gasteiger partial charge in [0.1, 0.15) is 10.7 Å². The largest absolute Gasteiger partial charge is 0.398 e. The van der Waals surface area contributed by atoms with Crippen molar-refractivity contribution in [3.8, 4) is 10.6 Å².